The Morgan fingerprint density at radius 1 is 0.409 bits per heavy atom. The minimum atomic E-state index is 0. The van der Waals surface area contributed by atoms with E-state index in [1.54, 1.807) is 0 Å². The molecule has 0 atom stereocenters. The van der Waals surface area contributed by atoms with E-state index in [9.17, 15) is 0 Å². The van der Waals surface area contributed by atoms with Crippen molar-refractivity contribution in [3.8, 4) is 0 Å². The molecule has 0 saturated carbocycles. The SMILES string of the molecule is O=[NH+][O-].O=[NH+][O-].O=[NH+][O-].O=[NH+][O-].[Cl-].[Cl-].[Cl-].[Cl-].c1ccccc1. The van der Waals surface area contributed by atoms with E-state index in [4.69, 9.17) is 40.5 Å². The molecule has 0 bridgehead atoms. The molecule has 0 aliphatic carbocycles. The van der Waals surface area contributed by atoms with Crippen LogP contribution in [-0.4, -0.2) is 0 Å². The number of halogens is 4. The third kappa shape index (κ3) is 327. The summed E-state index contributed by atoms with van der Waals surface area (Å²) in [6.45, 7) is 0. The van der Waals surface area contributed by atoms with Crippen molar-refractivity contribution in [1.29, 1.82) is 0 Å². The lowest BCUT2D eigenvalue weighted by Crippen LogP contribution is -3.00. The fraction of sp³-hybridized carbons (Fsp3) is 0. The lowest BCUT2D eigenvalue weighted by Gasteiger charge is -1.69. The van der Waals surface area contributed by atoms with Crippen molar-refractivity contribution in [2.75, 3.05) is 0 Å². The lowest BCUT2D eigenvalue weighted by molar-refractivity contribution is -0.399. The third-order valence-electron chi connectivity index (χ3n) is 0.667. The number of hydrogen-bond donors (Lipinski definition) is 4. The van der Waals surface area contributed by atoms with E-state index in [0.29, 0.717) is 0 Å². The summed E-state index contributed by atoms with van der Waals surface area (Å²) >= 11 is 0. The van der Waals surface area contributed by atoms with Crippen LogP contribution >= 0.6 is 0 Å². The second kappa shape index (κ2) is 96.4. The molecule has 0 saturated heterocycles. The maximum Gasteiger partial charge on any atom is 0.00366 e. The maximum absolute atomic E-state index is 8.12. The first-order valence-corrected chi connectivity index (χ1v) is 3.63. The molecule has 0 fully saturated rings. The van der Waals surface area contributed by atoms with Crippen molar-refractivity contribution in [3.63, 3.8) is 0 Å². The first-order chi connectivity index (χ1) is 8.66. The monoisotopic (exact) mass is 406 g/mol. The van der Waals surface area contributed by atoms with E-state index in [2.05, 4.69) is 0 Å². The molecule has 0 radical (unpaired) electrons. The molecular weight excluding hydrogens is 398 g/mol. The quantitative estimate of drug-likeness (QED) is 0.238. The van der Waals surface area contributed by atoms with Crippen LogP contribution in [0, 0.1) is 40.5 Å². The maximum atomic E-state index is 8.12. The van der Waals surface area contributed by atoms with Gasteiger partial charge in [-0.2, -0.15) is 0 Å². The molecule has 134 valence electrons. The van der Waals surface area contributed by atoms with Gasteiger partial charge in [-0.15, -0.1) is 0 Å². The molecule has 1 aromatic rings. The standard InChI is InChI=1S/C6H6.4ClH.4HNO2/c1-2-4-6-5-3-1;;;;;4*2-1-3/h1-6H;4*1H;4*1H/p-4. The largest absolute Gasteiger partial charge is 1.00 e. The average Bonchev–Trinajstić information content (AvgIpc) is 2.35. The van der Waals surface area contributed by atoms with Crippen LogP contribution in [0.2, 0.25) is 0 Å². The summed E-state index contributed by atoms with van der Waals surface area (Å²) in [7, 11) is 0. The predicted octanol–water partition coefficient (Wildman–Crippen LogP) is -17.0. The second-order valence-electron chi connectivity index (χ2n) is 1.49. The molecule has 12 nitrogen and oxygen atoms in total. The highest BCUT2D eigenvalue weighted by atomic mass is 35.5. The summed E-state index contributed by atoms with van der Waals surface area (Å²) in [6, 6.07) is 12.0. The molecule has 0 amide bonds. The van der Waals surface area contributed by atoms with E-state index in [1.165, 1.54) is 0 Å². The van der Waals surface area contributed by atoms with Gasteiger partial charge in [0.05, 0.1) is 0 Å². The molecule has 16 heteroatoms. The van der Waals surface area contributed by atoms with Gasteiger partial charge in [0.2, 0.25) is 0 Å². The van der Waals surface area contributed by atoms with Crippen molar-refractivity contribution >= 4 is 0 Å². The lowest BCUT2D eigenvalue weighted by atomic mass is 10.4. The molecule has 0 unspecified atom stereocenters. The van der Waals surface area contributed by atoms with Crippen LogP contribution in [0.15, 0.2) is 36.4 Å². The Morgan fingerprint density at radius 3 is 0.500 bits per heavy atom. The molecule has 4 N–H and O–H groups in total. The molecule has 1 rings (SSSR count). The zero-order valence-corrected chi connectivity index (χ0v) is 13.3. The summed E-state index contributed by atoms with van der Waals surface area (Å²) in [5, 5.41) is 33.5. The second-order valence-corrected chi connectivity index (χ2v) is 1.49. The summed E-state index contributed by atoms with van der Waals surface area (Å²) in [5.41, 5.74) is 0. The van der Waals surface area contributed by atoms with E-state index in [0.717, 1.165) is 0 Å². The molecule has 1 aromatic carbocycles. The number of nitrogens with one attached hydrogen (secondary N) is 4. The fourth-order valence-electron chi connectivity index (χ4n) is 0.385. The highest BCUT2D eigenvalue weighted by Crippen LogP contribution is 1.79. The van der Waals surface area contributed by atoms with Gasteiger partial charge in [-0.05, 0) is 0 Å². The van der Waals surface area contributed by atoms with E-state index in [-0.39, 0.29) is 71.0 Å². The molecule has 0 heterocycles. The van der Waals surface area contributed by atoms with Gasteiger partial charge in [0, 0.05) is 21.4 Å². The Labute approximate surface area is 148 Å². The molecular formula is C6H10Cl4N4O8-4. The van der Waals surface area contributed by atoms with Crippen molar-refractivity contribution in [3.05, 3.63) is 76.9 Å². The summed E-state index contributed by atoms with van der Waals surface area (Å²) in [5.74, 6) is 0. The molecule has 0 aromatic heterocycles. The van der Waals surface area contributed by atoms with Gasteiger partial charge >= 0.3 is 0 Å². The minimum absolute atomic E-state index is 0. The van der Waals surface area contributed by atoms with Gasteiger partial charge in [0.1, 0.15) is 0 Å². The Bertz CT molecular complexity index is 223. The first-order valence-electron chi connectivity index (χ1n) is 3.63. The zero-order chi connectivity index (χ0) is 15.1. The smallest absolute Gasteiger partial charge is 0.00366 e. The van der Waals surface area contributed by atoms with Crippen LogP contribution in [0.5, 0.6) is 0 Å². The van der Waals surface area contributed by atoms with Gasteiger partial charge in [-0.3, -0.25) is 40.5 Å². The summed E-state index contributed by atoms with van der Waals surface area (Å²) in [6.07, 6.45) is 0. The first kappa shape index (κ1) is 50.2. The van der Waals surface area contributed by atoms with Crippen LogP contribution in [0.25, 0.3) is 0 Å². The molecule has 0 aliphatic heterocycles. The molecule has 0 aliphatic rings. The van der Waals surface area contributed by atoms with Crippen LogP contribution < -0.4 is 71.0 Å². The highest BCUT2D eigenvalue weighted by molar-refractivity contribution is 4.99. The van der Waals surface area contributed by atoms with Crippen LogP contribution in [-0.2, 0) is 0 Å². The highest BCUT2D eigenvalue weighted by Gasteiger charge is 1.57. The van der Waals surface area contributed by atoms with Crippen LogP contribution in [0.3, 0.4) is 0 Å². The zero-order valence-electron chi connectivity index (χ0n) is 10.2. The predicted molar refractivity (Wildman–Crippen MR) is 57.2 cm³/mol. The summed E-state index contributed by atoms with van der Waals surface area (Å²) < 4.78 is 0. The third-order valence-corrected chi connectivity index (χ3v) is 0.667. The van der Waals surface area contributed by atoms with Gasteiger partial charge in [0.15, 0.2) is 0 Å². The Kier molecular flexibility index (Phi) is 220. The van der Waals surface area contributed by atoms with Crippen LogP contribution in [0.4, 0.5) is 0 Å². The number of rotatable bonds is 0. The van der Waals surface area contributed by atoms with Crippen molar-refractivity contribution in [2.24, 2.45) is 0 Å². The topological polar surface area (TPSA) is 216 Å². The normalized spacial score (nSPS) is 4.36. The average molecular weight is 408 g/mol. The number of hydrogen-bond acceptors (Lipinski definition) is 8. The Hall–Kier alpha value is -2.02. The summed E-state index contributed by atoms with van der Waals surface area (Å²) in [4.78, 5) is 32.5. The number of benzene rings is 1. The van der Waals surface area contributed by atoms with Crippen molar-refractivity contribution in [1.82, 2.24) is 0 Å². The van der Waals surface area contributed by atoms with E-state index >= 15 is 0 Å². The Balaban J connectivity index is -0.0000000186. The van der Waals surface area contributed by atoms with Crippen molar-refractivity contribution in [2.45, 2.75) is 0 Å². The minimum Gasteiger partial charge on any atom is -1.00 e. The Morgan fingerprint density at radius 2 is 0.455 bits per heavy atom. The van der Waals surface area contributed by atoms with Gasteiger partial charge in [-0.1, -0.05) is 36.4 Å². The van der Waals surface area contributed by atoms with E-state index in [1.807, 2.05) is 36.4 Å². The van der Waals surface area contributed by atoms with Gasteiger partial charge in [0.25, 0.3) is 0 Å². The molecule has 0 spiro atoms. The van der Waals surface area contributed by atoms with Crippen molar-refractivity contribution < 1.29 is 71.0 Å². The van der Waals surface area contributed by atoms with Gasteiger partial charge in [-0.25, -0.2) is 0 Å². The molecule has 22 heavy (non-hydrogen) atoms. The van der Waals surface area contributed by atoms with Gasteiger partial charge < -0.3 is 49.6 Å². The van der Waals surface area contributed by atoms with E-state index < -0.39 is 0 Å². The van der Waals surface area contributed by atoms with Crippen LogP contribution in [0.1, 0.15) is 0 Å². The fourth-order valence-corrected chi connectivity index (χ4v) is 0.385.